The molecule has 0 spiro atoms. The van der Waals surface area contributed by atoms with E-state index >= 15 is 0 Å². The minimum atomic E-state index is -0.142. The molecule has 0 saturated carbocycles. The second-order valence-corrected chi connectivity index (χ2v) is 4.42. The summed E-state index contributed by atoms with van der Waals surface area (Å²) in [5.41, 5.74) is 1.23. The Hall–Kier alpha value is -1.77. The van der Waals surface area contributed by atoms with Crippen LogP contribution in [0.25, 0.3) is 0 Å². The fraction of sp³-hybridized carbons (Fsp3) is 0.167. The van der Waals surface area contributed by atoms with E-state index in [9.17, 15) is 4.79 Å². The van der Waals surface area contributed by atoms with E-state index in [-0.39, 0.29) is 5.91 Å². The molecule has 0 aromatic carbocycles. The highest BCUT2D eigenvalue weighted by Gasteiger charge is 2.18. The molecule has 19 heavy (non-hydrogen) atoms. The molecule has 0 aliphatic carbocycles. The Morgan fingerprint density at radius 1 is 1.53 bits per heavy atom. The summed E-state index contributed by atoms with van der Waals surface area (Å²) >= 11 is 1.87. The summed E-state index contributed by atoms with van der Waals surface area (Å²) in [6, 6.07) is 3.62. The molecular formula is C12H12IN5O. The first-order chi connectivity index (χ1) is 9.15. The number of hydrogen-bond acceptors (Lipinski definition) is 4. The van der Waals surface area contributed by atoms with Crippen molar-refractivity contribution in [2.45, 2.75) is 0 Å². The van der Waals surface area contributed by atoms with Gasteiger partial charge in [0.15, 0.2) is 5.82 Å². The lowest BCUT2D eigenvalue weighted by atomic mass is 10.3. The summed E-state index contributed by atoms with van der Waals surface area (Å²) in [7, 11) is 3.49. The number of aromatic nitrogens is 3. The fourth-order valence-corrected chi connectivity index (χ4v) is 1.88. The van der Waals surface area contributed by atoms with Crippen molar-refractivity contribution in [3.63, 3.8) is 0 Å². The van der Waals surface area contributed by atoms with Crippen LogP contribution in [0.3, 0.4) is 0 Å². The Labute approximate surface area is 124 Å². The summed E-state index contributed by atoms with van der Waals surface area (Å²) in [6.07, 6.45) is 6.45. The summed E-state index contributed by atoms with van der Waals surface area (Å²) in [5.74, 6) is 0.494. The van der Waals surface area contributed by atoms with Gasteiger partial charge in [-0.2, -0.15) is 0 Å². The normalized spacial score (nSPS) is 10.9. The van der Waals surface area contributed by atoms with Gasteiger partial charge < -0.3 is 9.47 Å². The molecule has 7 heteroatoms. The van der Waals surface area contributed by atoms with Crippen molar-refractivity contribution < 1.29 is 4.79 Å². The van der Waals surface area contributed by atoms with E-state index in [1.807, 2.05) is 28.9 Å². The van der Waals surface area contributed by atoms with Crippen LogP contribution in [0.15, 0.2) is 33.9 Å². The molecule has 0 bridgehead atoms. The number of carbonyl (C=O) groups excluding carboxylic acids is 1. The molecule has 2 rings (SSSR count). The quantitative estimate of drug-likeness (QED) is 0.613. The van der Waals surface area contributed by atoms with Gasteiger partial charge in [0.05, 0.1) is 47.2 Å². The number of amides is 1. The molecule has 98 valence electrons. The van der Waals surface area contributed by atoms with Crippen molar-refractivity contribution in [3.8, 4) is 0 Å². The number of hydrogen-bond donors (Lipinski definition) is 0. The van der Waals surface area contributed by atoms with Crippen molar-refractivity contribution in [3.05, 3.63) is 42.2 Å². The zero-order valence-electron chi connectivity index (χ0n) is 10.5. The van der Waals surface area contributed by atoms with E-state index in [1.54, 1.807) is 49.5 Å². The van der Waals surface area contributed by atoms with Gasteiger partial charge in [0, 0.05) is 20.3 Å². The van der Waals surface area contributed by atoms with Crippen LogP contribution in [0, 0.1) is 0 Å². The zero-order chi connectivity index (χ0) is 13.8. The van der Waals surface area contributed by atoms with Crippen molar-refractivity contribution in [2.75, 3.05) is 11.9 Å². The van der Waals surface area contributed by atoms with E-state index in [4.69, 9.17) is 0 Å². The van der Waals surface area contributed by atoms with Crippen LogP contribution in [0.1, 0.15) is 16.3 Å². The smallest absolute Gasteiger partial charge is 0.276 e. The second-order valence-electron chi connectivity index (χ2n) is 3.86. The van der Waals surface area contributed by atoms with Gasteiger partial charge in [-0.15, -0.1) is 0 Å². The average Bonchev–Trinajstić information content (AvgIpc) is 2.80. The van der Waals surface area contributed by atoms with Gasteiger partial charge in [-0.25, -0.2) is 8.19 Å². The Balaban J connectivity index is 2.30. The minimum Gasteiger partial charge on any atom is -0.322 e. The fourth-order valence-electron chi connectivity index (χ4n) is 1.63. The third-order valence-electron chi connectivity index (χ3n) is 2.75. The first kappa shape index (κ1) is 13.7. The molecule has 0 aliphatic rings. The number of nitrogens with zero attached hydrogens (tertiary/aromatic N) is 5. The SMILES string of the molecule is CN(C(=O)c1cnc(C=NI)n1C)c1cccnc1. The number of anilines is 1. The van der Waals surface area contributed by atoms with E-state index in [2.05, 4.69) is 13.2 Å². The summed E-state index contributed by atoms with van der Waals surface area (Å²) in [4.78, 5) is 22.1. The first-order valence-electron chi connectivity index (χ1n) is 5.49. The Morgan fingerprint density at radius 2 is 2.32 bits per heavy atom. The van der Waals surface area contributed by atoms with Gasteiger partial charge in [0.25, 0.3) is 5.91 Å². The lowest BCUT2D eigenvalue weighted by molar-refractivity contribution is 0.0985. The molecule has 6 nitrogen and oxygen atoms in total. The van der Waals surface area contributed by atoms with Crippen molar-refractivity contribution in [1.29, 1.82) is 0 Å². The standard InChI is InChI=1S/C12H12IN5O/c1-17(9-4-3-5-14-6-9)12(19)10-7-15-11(8-16-13)18(10)2/h3-8H,1-2H3. The molecule has 0 aliphatic heterocycles. The highest BCUT2D eigenvalue weighted by molar-refractivity contribution is 14.1. The number of carbonyl (C=O) groups is 1. The molecule has 0 saturated heterocycles. The number of halogens is 1. The highest BCUT2D eigenvalue weighted by Crippen LogP contribution is 2.13. The lowest BCUT2D eigenvalue weighted by Crippen LogP contribution is -2.28. The Bertz CT molecular complexity index is 608. The molecule has 2 aromatic heterocycles. The van der Waals surface area contributed by atoms with Gasteiger partial charge in [0.2, 0.25) is 0 Å². The maximum atomic E-state index is 12.4. The summed E-state index contributed by atoms with van der Waals surface area (Å²) < 4.78 is 5.57. The number of pyridine rings is 1. The highest BCUT2D eigenvalue weighted by atomic mass is 127. The van der Waals surface area contributed by atoms with Gasteiger partial charge >= 0.3 is 0 Å². The van der Waals surface area contributed by atoms with Gasteiger partial charge in [0.1, 0.15) is 5.69 Å². The van der Waals surface area contributed by atoms with E-state index in [0.29, 0.717) is 11.5 Å². The van der Waals surface area contributed by atoms with Crippen LogP contribution < -0.4 is 4.90 Å². The van der Waals surface area contributed by atoms with Crippen LogP contribution in [0.2, 0.25) is 0 Å². The Morgan fingerprint density at radius 3 is 2.95 bits per heavy atom. The van der Waals surface area contributed by atoms with E-state index < -0.39 is 0 Å². The van der Waals surface area contributed by atoms with Gasteiger partial charge in [-0.05, 0) is 12.1 Å². The monoisotopic (exact) mass is 369 g/mol. The maximum absolute atomic E-state index is 12.4. The molecule has 0 atom stereocenters. The molecule has 2 heterocycles. The number of imidazole rings is 1. The molecule has 1 amide bonds. The second kappa shape index (κ2) is 5.91. The minimum absolute atomic E-state index is 0.142. The van der Waals surface area contributed by atoms with E-state index in [1.165, 1.54) is 4.90 Å². The molecule has 0 unspecified atom stereocenters. The van der Waals surface area contributed by atoms with Crippen molar-refractivity contribution >= 4 is 40.7 Å². The summed E-state index contributed by atoms with van der Waals surface area (Å²) in [6.45, 7) is 0. The molecule has 2 aromatic rings. The number of rotatable bonds is 3. The molecule has 0 N–H and O–H groups in total. The van der Waals surface area contributed by atoms with Gasteiger partial charge in [-0.3, -0.25) is 9.78 Å². The van der Waals surface area contributed by atoms with Crippen LogP contribution in [-0.4, -0.2) is 33.7 Å². The lowest BCUT2D eigenvalue weighted by Gasteiger charge is -2.16. The van der Waals surface area contributed by atoms with E-state index in [0.717, 1.165) is 5.69 Å². The van der Waals surface area contributed by atoms with Gasteiger partial charge in [-0.1, -0.05) is 0 Å². The van der Waals surface area contributed by atoms with Crippen LogP contribution in [-0.2, 0) is 7.05 Å². The molecular weight excluding hydrogens is 357 g/mol. The van der Waals surface area contributed by atoms with Crippen LogP contribution in [0.4, 0.5) is 5.69 Å². The zero-order valence-corrected chi connectivity index (χ0v) is 12.6. The third-order valence-corrected chi connectivity index (χ3v) is 3.02. The third kappa shape index (κ3) is 2.80. The van der Waals surface area contributed by atoms with Crippen molar-refractivity contribution in [1.82, 2.24) is 14.5 Å². The summed E-state index contributed by atoms with van der Waals surface area (Å²) in [5, 5.41) is 0. The first-order valence-corrected chi connectivity index (χ1v) is 6.45. The predicted octanol–water partition coefficient (Wildman–Crippen LogP) is 1.86. The largest absolute Gasteiger partial charge is 0.322 e. The molecule has 0 fully saturated rings. The average molecular weight is 369 g/mol. The van der Waals surface area contributed by atoms with Crippen LogP contribution >= 0.6 is 22.9 Å². The van der Waals surface area contributed by atoms with Crippen molar-refractivity contribution in [2.24, 2.45) is 10.3 Å². The predicted molar refractivity (Wildman–Crippen MR) is 81.8 cm³/mol. The molecule has 0 radical (unpaired) electrons. The topological polar surface area (TPSA) is 63.4 Å². The van der Waals surface area contributed by atoms with Crippen LogP contribution in [0.5, 0.6) is 0 Å². The Kier molecular flexibility index (Phi) is 4.25. The maximum Gasteiger partial charge on any atom is 0.276 e.